The number of hydrogen-bond acceptors (Lipinski definition) is 2. The molecule has 1 aliphatic rings. The van der Waals surface area contributed by atoms with Gasteiger partial charge in [-0.25, -0.2) is 9.97 Å². The summed E-state index contributed by atoms with van der Waals surface area (Å²) < 4.78 is 0. The third-order valence-corrected chi connectivity index (χ3v) is 7.64. The van der Waals surface area contributed by atoms with E-state index in [-0.39, 0.29) is 0 Å². The van der Waals surface area contributed by atoms with Crippen molar-refractivity contribution in [3.05, 3.63) is 167 Å². The summed E-state index contributed by atoms with van der Waals surface area (Å²) in [4.78, 5) is 10.7. The Bertz CT molecular complexity index is 1740. The average molecular weight is 487 g/mol. The first-order valence-corrected chi connectivity index (χ1v) is 13.0. The van der Waals surface area contributed by atoms with Crippen molar-refractivity contribution < 1.29 is 0 Å². The summed E-state index contributed by atoms with van der Waals surface area (Å²) in [5.74, 6) is 0.739. The molecule has 2 nitrogen and oxygen atoms in total. The quantitative estimate of drug-likeness (QED) is 0.249. The van der Waals surface area contributed by atoms with Crippen LogP contribution < -0.4 is 0 Å². The van der Waals surface area contributed by atoms with Gasteiger partial charge < -0.3 is 0 Å². The van der Waals surface area contributed by atoms with E-state index in [4.69, 9.17) is 9.97 Å². The highest BCUT2D eigenvalue weighted by Crippen LogP contribution is 2.57. The number of nitrogens with zero attached hydrogens (tertiary/aromatic N) is 2. The maximum Gasteiger partial charge on any atom is 0.160 e. The molecule has 0 bridgehead atoms. The predicted molar refractivity (Wildman–Crippen MR) is 155 cm³/mol. The zero-order chi connectivity index (χ0) is 25.5. The van der Waals surface area contributed by atoms with Crippen molar-refractivity contribution in [1.29, 1.82) is 0 Å². The standard InChI is InChI=1S/C36H26N2/c1-25-21-23-29(24-22-25)36(28-17-9-4-10-18-28)31-20-12-11-19-30(31)32-33(26-13-5-2-6-14-26)37-35(38-34(32)36)27-15-7-3-8-16-27/h2-24H,1H3. The molecule has 0 saturated carbocycles. The van der Waals surface area contributed by atoms with Crippen molar-refractivity contribution in [2.45, 2.75) is 12.3 Å². The third kappa shape index (κ3) is 3.34. The van der Waals surface area contributed by atoms with Crippen LogP contribution in [0, 0.1) is 6.92 Å². The van der Waals surface area contributed by atoms with Crippen LogP contribution in [0.15, 0.2) is 140 Å². The van der Waals surface area contributed by atoms with Gasteiger partial charge in [0.05, 0.1) is 16.8 Å². The number of rotatable bonds is 4. The van der Waals surface area contributed by atoms with Crippen LogP contribution in [0.1, 0.15) is 27.9 Å². The van der Waals surface area contributed by atoms with Crippen LogP contribution in [0.2, 0.25) is 0 Å². The molecular formula is C36H26N2. The largest absolute Gasteiger partial charge is 0.231 e. The highest BCUT2D eigenvalue weighted by atomic mass is 14.9. The molecule has 5 aromatic carbocycles. The monoisotopic (exact) mass is 486 g/mol. The van der Waals surface area contributed by atoms with Crippen LogP contribution in [0.4, 0.5) is 0 Å². The number of aromatic nitrogens is 2. The first-order chi connectivity index (χ1) is 18.8. The van der Waals surface area contributed by atoms with Gasteiger partial charge in [0.15, 0.2) is 5.82 Å². The Hall–Kier alpha value is -4.82. The lowest BCUT2D eigenvalue weighted by molar-refractivity contribution is 0.736. The molecule has 180 valence electrons. The van der Waals surface area contributed by atoms with Gasteiger partial charge in [0.1, 0.15) is 0 Å². The normalized spacial score (nSPS) is 15.6. The predicted octanol–water partition coefficient (Wildman–Crippen LogP) is 8.48. The number of hydrogen-bond donors (Lipinski definition) is 0. The summed E-state index contributed by atoms with van der Waals surface area (Å²) in [6.45, 7) is 2.14. The van der Waals surface area contributed by atoms with E-state index in [1.54, 1.807) is 0 Å². The van der Waals surface area contributed by atoms with Crippen molar-refractivity contribution in [2.24, 2.45) is 0 Å². The molecule has 0 fully saturated rings. The molecule has 0 radical (unpaired) electrons. The minimum Gasteiger partial charge on any atom is -0.231 e. The van der Waals surface area contributed by atoms with Gasteiger partial charge in [0.25, 0.3) is 0 Å². The fourth-order valence-corrected chi connectivity index (χ4v) is 5.91. The molecule has 1 heterocycles. The molecule has 0 N–H and O–H groups in total. The van der Waals surface area contributed by atoms with E-state index in [1.165, 1.54) is 27.8 Å². The van der Waals surface area contributed by atoms with Crippen LogP contribution in [0.3, 0.4) is 0 Å². The van der Waals surface area contributed by atoms with Gasteiger partial charge in [-0.1, -0.05) is 145 Å². The van der Waals surface area contributed by atoms with E-state index in [0.717, 1.165) is 33.9 Å². The molecule has 0 aliphatic heterocycles. The Labute approximate surface area is 223 Å². The minimum atomic E-state index is -0.573. The van der Waals surface area contributed by atoms with Crippen LogP contribution in [0.25, 0.3) is 33.8 Å². The fourth-order valence-electron chi connectivity index (χ4n) is 5.91. The van der Waals surface area contributed by atoms with Crippen molar-refractivity contribution >= 4 is 0 Å². The maximum absolute atomic E-state index is 5.44. The molecular weight excluding hydrogens is 460 g/mol. The van der Waals surface area contributed by atoms with Crippen LogP contribution in [-0.4, -0.2) is 9.97 Å². The van der Waals surface area contributed by atoms with Gasteiger partial charge in [-0.2, -0.15) is 0 Å². The second-order valence-corrected chi connectivity index (χ2v) is 9.88. The molecule has 0 amide bonds. The zero-order valence-corrected chi connectivity index (χ0v) is 21.2. The van der Waals surface area contributed by atoms with Crippen LogP contribution in [0.5, 0.6) is 0 Å². The Morgan fingerprint density at radius 3 is 1.74 bits per heavy atom. The van der Waals surface area contributed by atoms with E-state index in [2.05, 4.69) is 128 Å². The van der Waals surface area contributed by atoms with Gasteiger partial charge in [-0.05, 0) is 29.2 Å². The molecule has 2 heteroatoms. The zero-order valence-electron chi connectivity index (χ0n) is 21.2. The average Bonchev–Trinajstić information content (AvgIpc) is 3.29. The smallest absolute Gasteiger partial charge is 0.160 e. The second-order valence-electron chi connectivity index (χ2n) is 9.88. The van der Waals surface area contributed by atoms with Gasteiger partial charge >= 0.3 is 0 Å². The Morgan fingerprint density at radius 1 is 0.500 bits per heavy atom. The van der Waals surface area contributed by atoms with Crippen molar-refractivity contribution in [3.63, 3.8) is 0 Å². The molecule has 1 aromatic heterocycles. The van der Waals surface area contributed by atoms with E-state index >= 15 is 0 Å². The first kappa shape index (κ1) is 22.4. The van der Waals surface area contributed by atoms with Crippen LogP contribution in [-0.2, 0) is 5.41 Å². The summed E-state index contributed by atoms with van der Waals surface area (Å²) >= 11 is 0. The highest BCUT2D eigenvalue weighted by Gasteiger charge is 2.49. The molecule has 0 saturated heterocycles. The number of fused-ring (bicyclic) bond motifs is 3. The summed E-state index contributed by atoms with van der Waals surface area (Å²) in [6, 6.07) is 49.3. The van der Waals surface area contributed by atoms with Crippen LogP contribution >= 0.6 is 0 Å². The van der Waals surface area contributed by atoms with E-state index in [9.17, 15) is 0 Å². The van der Waals surface area contributed by atoms with Crippen molar-refractivity contribution in [1.82, 2.24) is 9.97 Å². The SMILES string of the molecule is Cc1ccc(C2(c3ccccc3)c3ccccc3-c3c(-c4ccccc4)nc(-c4ccccc4)nc32)cc1. The fraction of sp³-hybridized carbons (Fsp3) is 0.0556. The molecule has 0 spiro atoms. The maximum atomic E-state index is 5.44. The minimum absolute atomic E-state index is 0.573. The topological polar surface area (TPSA) is 25.8 Å². The highest BCUT2D eigenvalue weighted by molar-refractivity contribution is 5.93. The van der Waals surface area contributed by atoms with Gasteiger partial charge in [-0.3, -0.25) is 0 Å². The lowest BCUT2D eigenvalue weighted by Gasteiger charge is -2.33. The summed E-state index contributed by atoms with van der Waals surface area (Å²) in [5.41, 5.74) is 10.7. The van der Waals surface area contributed by atoms with E-state index < -0.39 is 5.41 Å². The summed E-state index contributed by atoms with van der Waals surface area (Å²) in [6.07, 6.45) is 0. The van der Waals surface area contributed by atoms with Crippen molar-refractivity contribution in [3.8, 4) is 33.8 Å². The van der Waals surface area contributed by atoms with Gasteiger partial charge in [0.2, 0.25) is 0 Å². The van der Waals surface area contributed by atoms with E-state index in [0.29, 0.717) is 0 Å². The van der Waals surface area contributed by atoms with Gasteiger partial charge in [0, 0.05) is 16.7 Å². The Kier molecular flexibility index (Phi) is 5.26. The number of benzene rings is 5. The first-order valence-electron chi connectivity index (χ1n) is 13.0. The molecule has 1 aliphatic carbocycles. The molecule has 38 heavy (non-hydrogen) atoms. The lowest BCUT2D eigenvalue weighted by atomic mass is 9.69. The van der Waals surface area contributed by atoms with Crippen molar-refractivity contribution in [2.75, 3.05) is 0 Å². The summed E-state index contributed by atoms with van der Waals surface area (Å²) in [7, 11) is 0. The molecule has 6 aromatic rings. The van der Waals surface area contributed by atoms with Gasteiger partial charge in [-0.15, -0.1) is 0 Å². The Balaban J connectivity index is 1.68. The molecule has 7 rings (SSSR count). The number of aryl methyl sites for hydroxylation is 1. The molecule has 1 unspecified atom stereocenters. The second kappa shape index (κ2) is 8.93. The summed E-state index contributed by atoms with van der Waals surface area (Å²) in [5, 5.41) is 0. The molecule has 1 atom stereocenters. The van der Waals surface area contributed by atoms with E-state index in [1.807, 2.05) is 18.2 Å². The third-order valence-electron chi connectivity index (χ3n) is 7.64. The lowest BCUT2D eigenvalue weighted by Crippen LogP contribution is -2.30. The Morgan fingerprint density at radius 2 is 1.05 bits per heavy atom.